The maximum Gasteiger partial charge on any atom is 0.195 e. The molecule has 5 rings (SSSR count). The number of rotatable bonds is 3. The summed E-state index contributed by atoms with van der Waals surface area (Å²) in [6.45, 7) is 3.85. The molecule has 5 aromatic rings. The average Bonchev–Trinajstić information content (AvgIpc) is 3.40. The number of phenols is 1. The van der Waals surface area contributed by atoms with Gasteiger partial charge in [-0.05, 0) is 43.7 Å². The Morgan fingerprint density at radius 1 is 1.07 bits per heavy atom. The van der Waals surface area contributed by atoms with Crippen molar-refractivity contribution in [3.8, 4) is 33.3 Å². The predicted molar refractivity (Wildman–Crippen MR) is 109 cm³/mol. The quantitative estimate of drug-likeness (QED) is 0.464. The molecule has 3 heterocycles. The van der Waals surface area contributed by atoms with Crippen molar-refractivity contribution in [3.63, 3.8) is 0 Å². The molecule has 0 aliphatic rings. The molecule has 138 valence electrons. The van der Waals surface area contributed by atoms with E-state index < -0.39 is 0 Å². The first-order chi connectivity index (χ1) is 13.6. The van der Waals surface area contributed by atoms with Crippen LogP contribution in [-0.4, -0.2) is 24.8 Å². The number of aryl methyl sites for hydroxylation is 2. The summed E-state index contributed by atoms with van der Waals surface area (Å²) in [7, 11) is 0. The molecule has 0 aliphatic carbocycles. The smallest absolute Gasteiger partial charge is 0.195 e. The second-order valence-electron chi connectivity index (χ2n) is 6.58. The highest BCUT2D eigenvalue weighted by atomic mass is 32.1. The van der Waals surface area contributed by atoms with Crippen LogP contribution in [0.25, 0.3) is 38.5 Å². The van der Waals surface area contributed by atoms with E-state index in [4.69, 9.17) is 9.51 Å². The number of fused-ring (bicyclic) bond motifs is 1. The summed E-state index contributed by atoms with van der Waals surface area (Å²) in [5, 5.41) is 16.5. The summed E-state index contributed by atoms with van der Waals surface area (Å²) >= 11 is 1.53. The monoisotopic (exact) mass is 388 g/mol. The van der Waals surface area contributed by atoms with Gasteiger partial charge in [-0.1, -0.05) is 23.4 Å². The van der Waals surface area contributed by atoms with Gasteiger partial charge in [0, 0.05) is 16.5 Å². The van der Waals surface area contributed by atoms with Gasteiger partial charge in [-0.3, -0.25) is 4.57 Å². The molecule has 0 radical (unpaired) electrons. The Kier molecular flexibility index (Phi) is 3.77. The third kappa shape index (κ3) is 2.68. The molecule has 28 heavy (non-hydrogen) atoms. The summed E-state index contributed by atoms with van der Waals surface area (Å²) in [5.74, 6) is 1.03. The van der Waals surface area contributed by atoms with Crippen molar-refractivity contribution in [1.82, 2.24) is 19.7 Å². The SMILES string of the molecule is Cc1noc(C)c1-c1ccc2c(c1)ncn2-c1nc(-c2cccc(O)c2)cs1. The zero-order valence-corrected chi connectivity index (χ0v) is 16.1. The van der Waals surface area contributed by atoms with Gasteiger partial charge in [0.05, 0.1) is 22.4 Å². The topological polar surface area (TPSA) is 77.0 Å². The lowest BCUT2D eigenvalue weighted by Crippen LogP contribution is -1.91. The molecule has 0 fully saturated rings. The van der Waals surface area contributed by atoms with Crippen molar-refractivity contribution in [2.24, 2.45) is 0 Å². The minimum atomic E-state index is 0.229. The number of imidazole rings is 1. The summed E-state index contributed by atoms with van der Waals surface area (Å²) in [6, 6.07) is 13.2. The van der Waals surface area contributed by atoms with Crippen LogP contribution in [0.5, 0.6) is 5.75 Å². The van der Waals surface area contributed by atoms with Crippen LogP contribution < -0.4 is 0 Å². The molecule has 0 saturated heterocycles. The molecular formula is C21H16N4O2S. The van der Waals surface area contributed by atoms with Crippen LogP contribution in [0.4, 0.5) is 0 Å². The second kappa shape index (κ2) is 6.31. The fourth-order valence-electron chi connectivity index (χ4n) is 3.39. The lowest BCUT2D eigenvalue weighted by atomic mass is 10.0. The summed E-state index contributed by atoms with van der Waals surface area (Å²) in [6.07, 6.45) is 1.78. The van der Waals surface area contributed by atoms with Gasteiger partial charge in [-0.25, -0.2) is 9.97 Å². The second-order valence-corrected chi connectivity index (χ2v) is 7.42. The van der Waals surface area contributed by atoms with E-state index in [1.54, 1.807) is 18.5 Å². The van der Waals surface area contributed by atoms with Crippen molar-refractivity contribution in [1.29, 1.82) is 0 Å². The van der Waals surface area contributed by atoms with Crippen LogP contribution in [0, 0.1) is 13.8 Å². The first kappa shape index (κ1) is 16.7. The van der Waals surface area contributed by atoms with Gasteiger partial charge >= 0.3 is 0 Å². The van der Waals surface area contributed by atoms with E-state index in [0.29, 0.717) is 0 Å². The molecule has 0 amide bonds. The molecule has 6 nitrogen and oxygen atoms in total. The number of hydrogen-bond acceptors (Lipinski definition) is 6. The van der Waals surface area contributed by atoms with E-state index in [0.717, 1.165) is 50.0 Å². The highest BCUT2D eigenvalue weighted by Crippen LogP contribution is 2.31. The van der Waals surface area contributed by atoms with Crippen LogP contribution in [0.2, 0.25) is 0 Å². The Morgan fingerprint density at radius 2 is 1.96 bits per heavy atom. The van der Waals surface area contributed by atoms with E-state index >= 15 is 0 Å². The molecule has 2 aromatic carbocycles. The predicted octanol–water partition coefficient (Wildman–Crippen LogP) is 5.13. The normalized spacial score (nSPS) is 11.4. The Hall–Kier alpha value is -3.45. The number of phenolic OH excluding ortho intramolecular Hbond substituents is 1. The van der Waals surface area contributed by atoms with Gasteiger partial charge in [0.2, 0.25) is 0 Å². The van der Waals surface area contributed by atoms with E-state index in [1.165, 1.54) is 11.3 Å². The van der Waals surface area contributed by atoms with E-state index in [9.17, 15) is 5.11 Å². The molecule has 7 heteroatoms. The van der Waals surface area contributed by atoms with Gasteiger partial charge in [-0.2, -0.15) is 0 Å². The van der Waals surface area contributed by atoms with Gasteiger partial charge in [-0.15, -0.1) is 11.3 Å². The Labute approximate surface area is 164 Å². The van der Waals surface area contributed by atoms with Crippen LogP contribution in [0.15, 0.2) is 58.7 Å². The lowest BCUT2D eigenvalue weighted by Gasteiger charge is -2.02. The van der Waals surface area contributed by atoms with Crippen molar-refractivity contribution in [3.05, 3.63) is 65.6 Å². The van der Waals surface area contributed by atoms with E-state index in [2.05, 4.69) is 16.2 Å². The van der Waals surface area contributed by atoms with Gasteiger partial charge in [0.1, 0.15) is 17.8 Å². The van der Waals surface area contributed by atoms with Crippen molar-refractivity contribution >= 4 is 22.4 Å². The largest absolute Gasteiger partial charge is 0.508 e. The molecule has 0 atom stereocenters. The minimum Gasteiger partial charge on any atom is -0.508 e. The lowest BCUT2D eigenvalue weighted by molar-refractivity contribution is 0.393. The molecule has 1 N–H and O–H groups in total. The molecule has 0 bridgehead atoms. The summed E-state index contributed by atoms with van der Waals surface area (Å²) < 4.78 is 7.26. The van der Waals surface area contributed by atoms with Crippen LogP contribution in [0.1, 0.15) is 11.5 Å². The van der Waals surface area contributed by atoms with E-state index in [-0.39, 0.29) is 5.75 Å². The fraction of sp³-hybridized carbons (Fsp3) is 0.0952. The van der Waals surface area contributed by atoms with Gasteiger partial charge < -0.3 is 9.63 Å². The molecule has 0 aliphatic heterocycles. The maximum atomic E-state index is 9.70. The highest BCUT2D eigenvalue weighted by molar-refractivity contribution is 7.12. The third-order valence-electron chi connectivity index (χ3n) is 4.71. The van der Waals surface area contributed by atoms with Gasteiger partial charge in [0.15, 0.2) is 5.13 Å². The van der Waals surface area contributed by atoms with Crippen molar-refractivity contribution < 1.29 is 9.63 Å². The number of aromatic nitrogens is 4. The van der Waals surface area contributed by atoms with E-state index in [1.807, 2.05) is 48.1 Å². The summed E-state index contributed by atoms with van der Waals surface area (Å²) in [4.78, 5) is 9.28. The van der Waals surface area contributed by atoms with Crippen LogP contribution in [0.3, 0.4) is 0 Å². The molecular weight excluding hydrogens is 372 g/mol. The zero-order valence-electron chi connectivity index (χ0n) is 15.2. The number of aromatic hydroxyl groups is 1. The average molecular weight is 388 g/mol. The van der Waals surface area contributed by atoms with Crippen molar-refractivity contribution in [2.75, 3.05) is 0 Å². The highest BCUT2D eigenvalue weighted by Gasteiger charge is 2.15. The van der Waals surface area contributed by atoms with Crippen molar-refractivity contribution in [2.45, 2.75) is 13.8 Å². The Balaban J connectivity index is 1.56. The molecule has 0 saturated carbocycles. The minimum absolute atomic E-state index is 0.229. The number of benzene rings is 2. The Morgan fingerprint density at radius 3 is 2.75 bits per heavy atom. The Bertz CT molecular complexity index is 1300. The van der Waals surface area contributed by atoms with Gasteiger partial charge in [0.25, 0.3) is 0 Å². The van der Waals surface area contributed by atoms with Crippen LogP contribution in [-0.2, 0) is 0 Å². The number of thiazole rings is 1. The fourth-order valence-corrected chi connectivity index (χ4v) is 4.20. The third-order valence-corrected chi connectivity index (χ3v) is 5.55. The number of nitrogens with zero attached hydrogens (tertiary/aromatic N) is 4. The zero-order chi connectivity index (χ0) is 19.3. The maximum absolute atomic E-state index is 9.70. The standard InChI is InChI=1S/C21H16N4O2S/c1-12-20(13(2)27-24-12)15-6-7-19-17(9-15)22-11-25(19)21-23-18(10-28-21)14-4-3-5-16(26)8-14/h3-11,26H,1-2H3. The number of hydrogen-bond donors (Lipinski definition) is 1. The summed E-state index contributed by atoms with van der Waals surface area (Å²) in [5.41, 5.74) is 6.48. The first-order valence-corrected chi connectivity index (χ1v) is 9.64. The molecule has 3 aromatic heterocycles. The van der Waals surface area contributed by atoms with Crippen LogP contribution >= 0.6 is 11.3 Å². The molecule has 0 spiro atoms. The molecule has 0 unspecified atom stereocenters. The first-order valence-electron chi connectivity index (χ1n) is 8.76.